The first-order valence-electron chi connectivity index (χ1n) is 8.75. The van der Waals surface area contributed by atoms with E-state index in [1.807, 2.05) is 18.2 Å². The summed E-state index contributed by atoms with van der Waals surface area (Å²) in [7, 11) is 0. The molecule has 0 bridgehead atoms. The van der Waals surface area contributed by atoms with Crippen molar-refractivity contribution in [3.63, 3.8) is 0 Å². The van der Waals surface area contributed by atoms with Gasteiger partial charge in [-0.15, -0.1) is 0 Å². The maximum absolute atomic E-state index is 5.97. The zero-order valence-electron chi connectivity index (χ0n) is 14.5. The maximum atomic E-state index is 5.97. The Kier molecular flexibility index (Phi) is 6.42. The highest BCUT2D eigenvalue weighted by Gasteiger charge is 2.10. The highest BCUT2D eigenvalue weighted by atomic mass is 16.5. The maximum Gasteiger partial charge on any atom is 0.189 e. The van der Waals surface area contributed by atoms with Crippen molar-refractivity contribution in [2.45, 2.75) is 19.6 Å². The molecule has 3 N–H and O–H groups in total. The van der Waals surface area contributed by atoms with Crippen molar-refractivity contribution in [1.29, 1.82) is 0 Å². The summed E-state index contributed by atoms with van der Waals surface area (Å²) in [5.74, 6) is 0.474. The van der Waals surface area contributed by atoms with E-state index in [1.54, 1.807) is 0 Å². The van der Waals surface area contributed by atoms with Gasteiger partial charge in [-0.05, 0) is 16.7 Å². The largest absolute Gasteiger partial charge is 0.379 e. The second-order valence-electron chi connectivity index (χ2n) is 6.25. The average molecular weight is 338 g/mol. The van der Waals surface area contributed by atoms with Gasteiger partial charge >= 0.3 is 0 Å². The predicted octanol–water partition coefficient (Wildman–Crippen LogP) is 2.12. The van der Waals surface area contributed by atoms with Crippen LogP contribution in [-0.2, 0) is 24.4 Å². The van der Waals surface area contributed by atoms with Crippen LogP contribution in [0.4, 0.5) is 0 Å². The van der Waals surface area contributed by atoms with Crippen LogP contribution in [0.5, 0.6) is 0 Å². The number of nitrogens with one attached hydrogen (secondary N) is 1. The van der Waals surface area contributed by atoms with E-state index in [0.717, 1.165) is 32.8 Å². The van der Waals surface area contributed by atoms with E-state index in [-0.39, 0.29) is 0 Å². The Morgan fingerprint density at radius 1 is 1.00 bits per heavy atom. The van der Waals surface area contributed by atoms with Gasteiger partial charge in [0.1, 0.15) is 0 Å². The molecular weight excluding hydrogens is 312 g/mol. The molecule has 3 rings (SSSR count). The van der Waals surface area contributed by atoms with Crippen LogP contribution < -0.4 is 11.1 Å². The summed E-state index contributed by atoms with van der Waals surface area (Å²) >= 11 is 0. The molecule has 1 aliphatic rings. The predicted molar refractivity (Wildman–Crippen MR) is 101 cm³/mol. The molecule has 0 aliphatic carbocycles. The summed E-state index contributed by atoms with van der Waals surface area (Å²) in [5, 5.41) is 3.16. The Balaban J connectivity index is 1.50. The number of nitrogens with two attached hydrogens (primary N) is 1. The van der Waals surface area contributed by atoms with Gasteiger partial charge in [-0.2, -0.15) is 0 Å². The number of guanidine groups is 1. The molecule has 1 fully saturated rings. The number of aliphatic imine (C=N–C) groups is 1. The van der Waals surface area contributed by atoms with E-state index in [0.29, 0.717) is 19.0 Å². The van der Waals surface area contributed by atoms with Crippen molar-refractivity contribution >= 4 is 5.96 Å². The van der Waals surface area contributed by atoms with Gasteiger partial charge in [0.15, 0.2) is 5.96 Å². The molecule has 0 radical (unpaired) electrons. The van der Waals surface area contributed by atoms with Gasteiger partial charge in [0, 0.05) is 26.2 Å². The summed E-state index contributed by atoms with van der Waals surface area (Å²) < 4.78 is 5.40. The second-order valence-corrected chi connectivity index (χ2v) is 6.25. The van der Waals surface area contributed by atoms with Crippen LogP contribution in [0, 0.1) is 0 Å². The molecule has 1 heterocycles. The first kappa shape index (κ1) is 17.5. The quantitative estimate of drug-likeness (QED) is 0.626. The van der Waals surface area contributed by atoms with Crippen LogP contribution in [-0.4, -0.2) is 37.2 Å². The van der Waals surface area contributed by atoms with Crippen molar-refractivity contribution in [1.82, 2.24) is 10.2 Å². The van der Waals surface area contributed by atoms with Crippen molar-refractivity contribution in [2.24, 2.45) is 10.7 Å². The fourth-order valence-electron chi connectivity index (χ4n) is 2.86. The standard InChI is InChI=1S/C20H26N4O/c21-20(22-14-17-5-2-1-3-6-17)23-15-18-7-4-8-19(13-18)16-24-9-11-25-12-10-24/h1-8,13H,9-12,14-16H2,(H3,21,22,23). The lowest BCUT2D eigenvalue weighted by Gasteiger charge is -2.26. The molecular formula is C20H26N4O. The Bertz CT molecular complexity index is 681. The zero-order chi connectivity index (χ0) is 17.3. The fraction of sp³-hybridized carbons (Fsp3) is 0.350. The van der Waals surface area contributed by atoms with Gasteiger partial charge in [-0.25, -0.2) is 4.99 Å². The van der Waals surface area contributed by atoms with Crippen LogP contribution >= 0.6 is 0 Å². The molecule has 0 aromatic heterocycles. The number of morpholine rings is 1. The van der Waals surface area contributed by atoms with E-state index in [1.165, 1.54) is 16.7 Å². The number of benzene rings is 2. The van der Waals surface area contributed by atoms with Crippen LogP contribution in [0.2, 0.25) is 0 Å². The van der Waals surface area contributed by atoms with Crippen molar-refractivity contribution in [3.8, 4) is 0 Å². The molecule has 2 aromatic carbocycles. The molecule has 1 aliphatic heterocycles. The minimum Gasteiger partial charge on any atom is -0.379 e. The summed E-state index contributed by atoms with van der Waals surface area (Å²) in [6.07, 6.45) is 0. The molecule has 2 aromatic rings. The SMILES string of the molecule is NC(=NCc1cccc(CN2CCOCC2)c1)NCc1ccccc1. The minimum atomic E-state index is 0.474. The monoisotopic (exact) mass is 338 g/mol. The zero-order valence-corrected chi connectivity index (χ0v) is 14.5. The fourth-order valence-corrected chi connectivity index (χ4v) is 2.86. The molecule has 0 saturated carbocycles. The normalized spacial score (nSPS) is 15.9. The molecule has 1 saturated heterocycles. The summed E-state index contributed by atoms with van der Waals surface area (Å²) in [6.45, 7) is 5.89. The van der Waals surface area contributed by atoms with Crippen LogP contribution in [0.3, 0.4) is 0 Å². The number of rotatable bonds is 6. The molecule has 5 heteroatoms. The Hall–Kier alpha value is -2.37. The first-order chi connectivity index (χ1) is 12.3. The van der Waals surface area contributed by atoms with E-state index < -0.39 is 0 Å². The molecule has 5 nitrogen and oxygen atoms in total. The number of ether oxygens (including phenoxy) is 1. The van der Waals surface area contributed by atoms with Crippen molar-refractivity contribution in [2.75, 3.05) is 26.3 Å². The van der Waals surface area contributed by atoms with Gasteiger partial charge in [0.2, 0.25) is 0 Å². The lowest BCUT2D eigenvalue weighted by atomic mass is 10.1. The Morgan fingerprint density at radius 3 is 2.52 bits per heavy atom. The lowest BCUT2D eigenvalue weighted by Crippen LogP contribution is -2.35. The highest BCUT2D eigenvalue weighted by Crippen LogP contribution is 2.10. The Morgan fingerprint density at radius 2 is 1.72 bits per heavy atom. The summed E-state index contributed by atoms with van der Waals surface area (Å²) in [4.78, 5) is 6.87. The Labute approximate surface area is 149 Å². The van der Waals surface area contributed by atoms with E-state index >= 15 is 0 Å². The highest BCUT2D eigenvalue weighted by molar-refractivity contribution is 5.77. The average Bonchev–Trinajstić information content (AvgIpc) is 2.67. The van der Waals surface area contributed by atoms with Crippen molar-refractivity contribution < 1.29 is 4.74 Å². The van der Waals surface area contributed by atoms with Crippen LogP contribution in [0.25, 0.3) is 0 Å². The van der Waals surface area contributed by atoms with E-state index in [2.05, 4.69) is 51.6 Å². The topological polar surface area (TPSA) is 62.9 Å². The van der Waals surface area contributed by atoms with Crippen LogP contribution in [0.15, 0.2) is 59.6 Å². The molecule has 0 amide bonds. The molecule has 0 unspecified atom stereocenters. The third-order valence-electron chi connectivity index (χ3n) is 4.25. The number of hydrogen-bond donors (Lipinski definition) is 2. The number of nitrogens with zero attached hydrogens (tertiary/aromatic N) is 2. The number of hydrogen-bond acceptors (Lipinski definition) is 3. The smallest absolute Gasteiger partial charge is 0.189 e. The summed E-state index contributed by atoms with van der Waals surface area (Å²) in [6, 6.07) is 18.7. The second kappa shape index (κ2) is 9.20. The molecule has 0 spiro atoms. The third kappa shape index (κ3) is 5.89. The van der Waals surface area contributed by atoms with Gasteiger partial charge in [-0.3, -0.25) is 4.90 Å². The molecule has 0 atom stereocenters. The van der Waals surface area contributed by atoms with Gasteiger partial charge in [-0.1, -0.05) is 54.6 Å². The minimum absolute atomic E-state index is 0.474. The van der Waals surface area contributed by atoms with Crippen molar-refractivity contribution in [3.05, 3.63) is 71.3 Å². The van der Waals surface area contributed by atoms with Crippen LogP contribution in [0.1, 0.15) is 16.7 Å². The lowest BCUT2D eigenvalue weighted by molar-refractivity contribution is 0.0342. The summed E-state index contributed by atoms with van der Waals surface area (Å²) in [5.41, 5.74) is 9.65. The molecule has 132 valence electrons. The van der Waals surface area contributed by atoms with Gasteiger partial charge in [0.25, 0.3) is 0 Å². The molecule has 25 heavy (non-hydrogen) atoms. The van der Waals surface area contributed by atoms with E-state index in [4.69, 9.17) is 10.5 Å². The first-order valence-corrected chi connectivity index (χ1v) is 8.75. The van der Waals surface area contributed by atoms with Gasteiger partial charge < -0.3 is 15.8 Å². The van der Waals surface area contributed by atoms with Gasteiger partial charge in [0.05, 0.1) is 19.8 Å². The van der Waals surface area contributed by atoms with E-state index in [9.17, 15) is 0 Å². The third-order valence-corrected chi connectivity index (χ3v) is 4.25.